The molecule has 1 N–H and O–H groups in total. The van der Waals surface area contributed by atoms with Crippen LogP contribution < -0.4 is 17.3 Å². The van der Waals surface area contributed by atoms with Crippen LogP contribution in [0.15, 0.2) is 84.9 Å². The van der Waals surface area contributed by atoms with Crippen molar-refractivity contribution in [3.8, 4) is 0 Å². The first-order valence-corrected chi connectivity index (χ1v) is 11.2. The highest BCUT2D eigenvalue weighted by molar-refractivity contribution is 5.90. The molecule has 0 spiro atoms. The molecule has 4 rings (SSSR count). The molecule has 32 heavy (non-hydrogen) atoms. The summed E-state index contributed by atoms with van der Waals surface area (Å²) in [5, 5.41) is 4.60. The third kappa shape index (κ3) is 5.29. The van der Waals surface area contributed by atoms with E-state index in [-0.39, 0.29) is 18.4 Å². The van der Waals surface area contributed by atoms with Gasteiger partial charge in [0.1, 0.15) is 19.1 Å². The van der Waals surface area contributed by atoms with Crippen LogP contribution in [0.5, 0.6) is 0 Å². The summed E-state index contributed by atoms with van der Waals surface area (Å²) in [6.45, 7) is 7.66. The fraction of sp³-hybridized carbons (Fsp3) is 0.250. The van der Waals surface area contributed by atoms with Gasteiger partial charge < -0.3 is 22.0 Å². The van der Waals surface area contributed by atoms with Crippen LogP contribution in [0.1, 0.15) is 30.9 Å². The Morgan fingerprint density at radius 3 is 1.69 bits per heavy atom. The van der Waals surface area contributed by atoms with E-state index in [9.17, 15) is 4.79 Å². The number of rotatable bonds is 8. The Morgan fingerprint density at radius 2 is 1.22 bits per heavy atom. The normalized spacial score (nSPS) is 11.1. The maximum Gasteiger partial charge on any atom is 0.318 e. The second-order valence-electron chi connectivity index (χ2n) is 8.02. The predicted molar refractivity (Wildman–Crippen MR) is 128 cm³/mol. The molecule has 0 amide bonds. The zero-order chi connectivity index (χ0) is 21.6. The number of fused-ring (bicyclic) bond motifs is 2. The molecular weight excluding hydrogens is 418 g/mol. The minimum atomic E-state index is -0.444. The van der Waals surface area contributed by atoms with E-state index in [1.165, 1.54) is 15.7 Å². The van der Waals surface area contributed by atoms with E-state index in [1.54, 1.807) is 0 Å². The van der Waals surface area contributed by atoms with Gasteiger partial charge >= 0.3 is 5.97 Å². The van der Waals surface area contributed by atoms with Crippen LogP contribution in [0.25, 0.3) is 21.5 Å². The molecule has 0 atom stereocenters. The number of ether oxygens (including phenoxy) is 1. The molecule has 4 aromatic carbocycles. The minimum Gasteiger partial charge on any atom is -1.00 e. The van der Waals surface area contributed by atoms with E-state index >= 15 is 0 Å². The number of benzene rings is 4. The van der Waals surface area contributed by atoms with Crippen molar-refractivity contribution in [2.45, 2.75) is 19.8 Å². The van der Waals surface area contributed by atoms with Crippen molar-refractivity contribution in [3.63, 3.8) is 0 Å². The van der Waals surface area contributed by atoms with Gasteiger partial charge in [0.25, 0.3) is 0 Å². The van der Waals surface area contributed by atoms with E-state index in [1.807, 2.05) is 24.3 Å². The Bertz CT molecular complexity index is 1110. The van der Waals surface area contributed by atoms with Gasteiger partial charge in [0.05, 0.1) is 13.1 Å². The summed E-state index contributed by atoms with van der Waals surface area (Å²) < 4.78 is 5.81. The van der Waals surface area contributed by atoms with Crippen LogP contribution in [-0.2, 0) is 9.53 Å². The Morgan fingerprint density at radius 1 is 0.750 bits per heavy atom. The molecule has 0 fully saturated rings. The number of hydrogen-bond acceptors (Lipinski definition) is 2. The second kappa shape index (κ2) is 11.1. The summed E-state index contributed by atoms with van der Waals surface area (Å²) in [6, 6.07) is 29.0. The lowest BCUT2D eigenvalue weighted by atomic mass is 9.88. The highest BCUT2D eigenvalue weighted by Crippen LogP contribution is 2.31. The first-order chi connectivity index (χ1) is 15.2. The maximum absolute atomic E-state index is 13.3. The number of likely N-dealkylation sites (N-methyl/N-ethyl adjacent to an activating group) is 1. The molecule has 0 saturated heterocycles. The molecule has 0 radical (unpaired) electrons. The summed E-state index contributed by atoms with van der Waals surface area (Å²) in [5.41, 5.74) is 1.93. The topological polar surface area (TPSA) is 30.7 Å². The number of halogens is 1. The maximum atomic E-state index is 13.3. The molecule has 4 heteroatoms. The van der Waals surface area contributed by atoms with Crippen molar-refractivity contribution >= 4 is 27.5 Å². The van der Waals surface area contributed by atoms with Crippen LogP contribution in [0.2, 0.25) is 0 Å². The van der Waals surface area contributed by atoms with E-state index in [2.05, 4.69) is 74.5 Å². The summed E-state index contributed by atoms with van der Waals surface area (Å²) >= 11 is 0. The number of esters is 1. The van der Waals surface area contributed by atoms with Gasteiger partial charge in [-0.2, -0.15) is 0 Å². The van der Waals surface area contributed by atoms with Crippen molar-refractivity contribution in [1.29, 1.82) is 0 Å². The smallest absolute Gasteiger partial charge is 0.318 e. The Hall–Kier alpha value is -2.88. The molecule has 0 aliphatic carbocycles. The number of nitrogens with one attached hydrogen (secondary N) is 1. The molecule has 4 aromatic rings. The van der Waals surface area contributed by atoms with E-state index in [4.69, 9.17) is 4.74 Å². The lowest BCUT2D eigenvalue weighted by Gasteiger charge is -2.20. The molecule has 0 heterocycles. The average molecular weight is 448 g/mol. The van der Waals surface area contributed by atoms with Gasteiger partial charge in [0.2, 0.25) is 0 Å². The zero-order valence-corrected chi connectivity index (χ0v) is 19.4. The monoisotopic (exact) mass is 447 g/mol. The Labute approximate surface area is 196 Å². The predicted octanol–water partition coefficient (Wildman–Crippen LogP) is 1.60. The molecule has 0 aromatic heterocycles. The van der Waals surface area contributed by atoms with Crippen molar-refractivity contribution in [2.75, 3.05) is 26.2 Å². The molecule has 0 aliphatic rings. The standard InChI is InChI=1S/C28H29NO2.ClH/c1-3-29(4-2)17-18-31-28(30)27(25-15-13-21-9-5-7-11-23(21)19-25)26-16-14-22-10-6-8-12-24(22)20-26;/h5-16,19-20,27H,3-4,17-18H2,1-2H3;1H. The zero-order valence-electron chi connectivity index (χ0n) is 18.7. The number of carbonyl (C=O) groups excluding carboxylic acids is 1. The van der Waals surface area contributed by atoms with Gasteiger partial charge in [0, 0.05) is 0 Å². The fourth-order valence-corrected chi connectivity index (χ4v) is 4.22. The first-order valence-electron chi connectivity index (χ1n) is 11.2. The highest BCUT2D eigenvalue weighted by Gasteiger charge is 2.25. The van der Waals surface area contributed by atoms with Crippen molar-refractivity contribution < 1.29 is 26.8 Å². The fourth-order valence-electron chi connectivity index (χ4n) is 4.22. The molecule has 0 bridgehead atoms. The minimum absolute atomic E-state index is 0. The van der Waals surface area contributed by atoms with Crippen LogP contribution in [0.4, 0.5) is 0 Å². The van der Waals surface area contributed by atoms with Gasteiger partial charge in [-0.25, -0.2) is 0 Å². The van der Waals surface area contributed by atoms with Crippen molar-refractivity contribution in [3.05, 3.63) is 96.1 Å². The Balaban J connectivity index is 0.00000289. The van der Waals surface area contributed by atoms with Crippen LogP contribution in [-0.4, -0.2) is 32.2 Å². The van der Waals surface area contributed by atoms with Crippen molar-refractivity contribution in [1.82, 2.24) is 0 Å². The number of carbonyl (C=O) groups is 1. The molecule has 3 nitrogen and oxygen atoms in total. The van der Waals surface area contributed by atoms with Crippen LogP contribution >= 0.6 is 0 Å². The average Bonchev–Trinajstić information content (AvgIpc) is 2.82. The second-order valence-corrected chi connectivity index (χ2v) is 8.02. The van der Waals surface area contributed by atoms with Crippen molar-refractivity contribution in [2.24, 2.45) is 0 Å². The molecule has 166 valence electrons. The van der Waals surface area contributed by atoms with Gasteiger partial charge in [-0.05, 0) is 58.7 Å². The third-order valence-electron chi connectivity index (χ3n) is 6.15. The van der Waals surface area contributed by atoms with Gasteiger partial charge in [-0.3, -0.25) is 4.79 Å². The lowest BCUT2D eigenvalue weighted by molar-refractivity contribution is -0.896. The van der Waals surface area contributed by atoms with E-state index < -0.39 is 5.92 Å². The molecular formula is C28H30ClNO2. The number of quaternary nitrogens is 1. The lowest BCUT2D eigenvalue weighted by Crippen LogP contribution is -3.11. The molecule has 0 aliphatic heterocycles. The molecule has 0 unspecified atom stereocenters. The summed E-state index contributed by atoms with van der Waals surface area (Å²) in [7, 11) is 0. The quantitative estimate of drug-likeness (QED) is 0.416. The third-order valence-corrected chi connectivity index (χ3v) is 6.15. The number of hydrogen-bond donors (Lipinski definition) is 1. The van der Waals surface area contributed by atoms with Gasteiger partial charge in [-0.1, -0.05) is 72.8 Å². The summed E-state index contributed by atoms with van der Waals surface area (Å²) in [5.74, 6) is -0.627. The summed E-state index contributed by atoms with van der Waals surface area (Å²) in [6.07, 6.45) is 0. The molecule has 0 saturated carbocycles. The van der Waals surface area contributed by atoms with Crippen LogP contribution in [0.3, 0.4) is 0 Å². The van der Waals surface area contributed by atoms with Gasteiger partial charge in [-0.15, -0.1) is 0 Å². The first kappa shape index (κ1) is 23.8. The largest absolute Gasteiger partial charge is 1.00 e. The van der Waals surface area contributed by atoms with E-state index in [0.717, 1.165) is 41.5 Å². The highest BCUT2D eigenvalue weighted by atomic mass is 35.5. The SMILES string of the molecule is CC[NH+](CC)CCOC(=O)C(c1ccc2ccccc2c1)c1ccc2ccccc2c1.[Cl-]. The van der Waals surface area contributed by atoms with E-state index in [0.29, 0.717) is 6.61 Å². The Kier molecular flexibility index (Phi) is 8.26. The summed E-state index contributed by atoms with van der Waals surface area (Å²) in [4.78, 5) is 14.8. The van der Waals surface area contributed by atoms with Crippen LogP contribution in [0, 0.1) is 0 Å². The van der Waals surface area contributed by atoms with Gasteiger partial charge in [0.15, 0.2) is 0 Å².